The number of carbonyl (C=O) groups excluding carboxylic acids is 2. The molecule has 0 aromatic heterocycles. The molecule has 1 rings (SSSR count). The van der Waals surface area contributed by atoms with Gasteiger partial charge in [-0.2, -0.15) is 4.31 Å². The number of amides is 2. The quantitative estimate of drug-likeness (QED) is 0.300. The fraction of sp³-hybridized carbons (Fsp3) is 0.667. The van der Waals surface area contributed by atoms with E-state index in [0.717, 1.165) is 11.8 Å². The summed E-state index contributed by atoms with van der Waals surface area (Å²) in [6, 6.07) is 7.31. The molecule has 0 bridgehead atoms. The van der Waals surface area contributed by atoms with Gasteiger partial charge in [-0.25, -0.2) is 8.42 Å². The van der Waals surface area contributed by atoms with Crippen LogP contribution in [0.3, 0.4) is 0 Å². The van der Waals surface area contributed by atoms with Crippen LogP contribution < -0.4 is 16.0 Å². The lowest BCUT2D eigenvalue weighted by atomic mass is 9.98. The van der Waals surface area contributed by atoms with Gasteiger partial charge in [0.2, 0.25) is 21.8 Å². The Bertz CT molecular complexity index is 877. The van der Waals surface area contributed by atoms with Gasteiger partial charge in [0, 0.05) is 13.1 Å². The van der Waals surface area contributed by atoms with Crippen LogP contribution in [0.2, 0.25) is 0 Å². The number of hydrogen-bond donors (Lipinski definition) is 4. The number of benzene rings is 1. The van der Waals surface area contributed by atoms with Gasteiger partial charge < -0.3 is 21.1 Å². The minimum atomic E-state index is -3.55. The number of nitrogens with one attached hydrogen (secondary N) is 3. The second kappa shape index (κ2) is 13.8. The first-order chi connectivity index (χ1) is 15.8. The van der Waals surface area contributed by atoms with Gasteiger partial charge in [-0.1, -0.05) is 58.0 Å². The molecule has 0 aliphatic carbocycles. The zero-order valence-corrected chi connectivity index (χ0v) is 22.2. The van der Waals surface area contributed by atoms with E-state index in [1.165, 1.54) is 4.31 Å². The van der Waals surface area contributed by atoms with Crippen molar-refractivity contribution in [1.82, 2.24) is 20.3 Å². The van der Waals surface area contributed by atoms with Crippen LogP contribution in [0.15, 0.2) is 30.3 Å². The van der Waals surface area contributed by atoms with Crippen LogP contribution in [0.25, 0.3) is 0 Å². The SMILES string of the molecule is CNC(C)C(=O)NC(C(=O)NC(Cc1ccccc1)C(O)CN(CC(C)C)S(C)(=O)=O)C(C)C. The summed E-state index contributed by atoms with van der Waals surface area (Å²) in [5.41, 5.74) is 0.885. The number of likely N-dealkylation sites (N-methyl/N-ethyl adjacent to an activating group) is 1. The van der Waals surface area contributed by atoms with Gasteiger partial charge in [-0.15, -0.1) is 0 Å². The predicted octanol–water partition coefficient (Wildman–Crippen LogP) is 0.741. The van der Waals surface area contributed by atoms with Gasteiger partial charge in [-0.3, -0.25) is 9.59 Å². The van der Waals surface area contributed by atoms with E-state index in [1.54, 1.807) is 14.0 Å². The molecule has 1 aromatic carbocycles. The summed E-state index contributed by atoms with van der Waals surface area (Å²) < 4.78 is 25.8. The van der Waals surface area contributed by atoms with E-state index in [0.29, 0.717) is 6.42 Å². The lowest BCUT2D eigenvalue weighted by Gasteiger charge is -2.32. The van der Waals surface area contributed by atoms with Gasteiger partial charge >= 0.3 is 0 Å². The maximum atomic E-state index is 13.2. The molecule has 10 heteroatoms. The lowest BCUT2D eigenvalue weighted by molar-refractivity contribution is -0.131. The lowest BCUT2D eigenvalue weighted by Crippen LogP contribution is -2.58. The van der Waals surface area contributed by atoms with Crippen LogP contribution >= 0.6 is 0 Å². The highest BCUT2D eigenvalue weighted by molar-refractivity contribution is 7.88. The van der Waals surface area contributed by atoms with Crippen molar-refractivity contribution < 1.29 is 23.1 Å². The third-order valence-corrected chi connectivity index (χ3v) is 6.83. The number of aliphatic hydroxyl groups excluding tert-OH is 1. The molecule has 0 heterocycles. The molecular formula is C24H42N4O5S. The molecule has 9 nitrogen and oxygen atoms in total. The summed E-state index contributed by atoms with van der Waals surface area (Å²) in [6.45, 7) is 9.25. The minimum Gasteiger partial charge on any atom is -0.390 e. The van der Waals surface area contributed by atoms with Crippen molar-refractivity contribution in [1.29, 1.82) is 0 Å². The predicted molar refractivity (Wildman–Crippen MR) is 135 cm³/mol. The van der Waals surface area contributed by atoms with E-state index < -0.39 is 40.2 Å². The number of rotatable bonds is 14. The third-order valence-electron chi connectivity index (χ3n) is 5.59. The monoisotopic (exact) mass is 498 g/mol. The standard InChI is InChI=1S/C24H42N4O5S/c1-16(2)14-28(34(7,32)33)15-21(29)20(13-19-11-9-8-10-12-19)26-24(31)22(17(3)4)27-23(30)18(5)25-6/h8-12,16-18,20-22,25,29H,13-15H2,1-7H3,(H,26,31)(H,27,30). The van der Waals surface area contributed by atoms with Crippen molar-refractivity contribution in [3.63, 3.8) is 0 Å². The third kappa shape index (κ3) is 10.1. The average molecular weight is 499 g/mol. The van der Waals surface area contributed by atoms with E-state index in [1.807, 2.05) is 58.0 Å². The van der Waals surface area contributed by atoms with Gasteiger partial charge in [-0.05, 0) is 37.8 Å². The van der Waals surface area contributed by atoms with Crippen molar-refractivity contribution in [2.75, 3.05) is 26.4 Å². The Morgan fingerprint density at radius 3 is 2.03 bits per heavy atom. The largest absolute Gasteiger partial charge is 0.390 e. The highest BCUT2D eigenvalue weighted by Gasteiger charge is 2.32. The van der Waals surface area contributed by atoms with Crippen LogP contribution in [0.4, 0.5) is 0 Å². The number of carbonyl (C=O) groups is 2. The van der Waals surface area contributed by atoms with Gasteiger partial charge in [0.15, 0.2) is 0 Å². The molecule has 2 amide bonds. The summed E-state index contributed by atoms with van der Waals surface area (Å²) >= 11 is 0. The van der Waals surface area contributed by atoms with Crippen molar-refractivity contribution in [3.8, 4) is 0 Å². The molecule has 0 fully saturated rings. The Hall–Kier alpha value is -2.01. The van der Waals surface area contributed by atoms with E-state index >= 15 is 0 Å². The van der Waals surface area contributed by atoms with Crippen molar-refractivity contribution in [3.05, 3.63) is 35.9 Å². The fourth-order valence-electron chi connectivity index (χ4n) is 3.46. The molecule has 0 spiro atoms. The number of nitrogens with zero attached hydrogens (tertiary/aromatic N) is 1. The van der Waals surface area contributed by atoms with E-state index in [2.05, 4.69) is 16.0 Å². The smallest absolute Gasteiger partial charge is 0.243 e. The molecule has 0 saturated heterocycles. The maximum Gasteiger partial charge on any atom is 0.243 e. The fourth-order valence-corrected chi connectivity index (χ4v) is 4.45. The molecule has 4 unspecified atom stereocenters. The van der Waals surface area contributed by atoms with E-state index in [4.69, 9.17) is 0 Å². The van der Waals surface area contributed by atoms with E-state index in [9.17, 15) is 23.1 Å². The van der Waals surface area contributed by atoms with Crippen LogP contribution in [0.5, 0.6) is 0 Å². The molecule has 1 aromatic rings. The Labute approximate surface area is 204 Å². The first-order valence-electron chi connectivity index (χ1n) is 11.7. The summed E-state index contributed by atoms with van der Waals surface area (Å²) in [5, 5.41) is 19.6. The van der Waals surface area contributed by atoms with Crippen LogP contribution in [0, 0.1) is 11.8 Å². The molecule has 194 valence electrons. The highest BCUT2D eigenvalue weighted by atomic mass is 32.2. The van der Waals surface area contributed by atoms with Gasteiger partial charge in [0.05, 0.1) is 24.4 Å². The first-order valence-corrected chi connectivity index (χ1v) is 13.6. The Kier molecular flexibility index (Phi) is 12.2. The first kappa shape index (κ1) is 30.0. The zero-order chi connectivity index (χ0) is 26.1. The molecule has 34 heavy (non-hydrogen) atoms. The summed E-state index contributed by atoms with van der Waals surface area (Å²) in [4.78, 5) is 25.6. The second-order valence-electron chi connectivity index (χ2n) is 9.59. The zero-order valence-electron chi connectivity index (χ0n) is 21.4. The van der Waals surface area contributed by atoms with Crippen molar-refractivity contribution >= 4 is 21.8 Å². The molecule has 0 saturated carbocycles. The molecular weight excluding hydrogens is 456 g/mol. The number of aliphatic hydroxyl groups is 1. The normalized spacial score (nSPS) is 15.7. The van der Waals surface area contributed by atoms with Crippen LogP contribution in [0.1, 0.15) is 40.2 Å². The molecule has 0 aliphatic heterocycles. The molecule has 4 atom stereocenters. The van der Waals surface area contributed by atoms with Crippen LogP contribution in [-0.4, -0.2) is 80.3 Å². The number of sulfonamides is 1. The van der Waals surface area contributed by atoms with Gasteiger partial charge in [0.25, 0.3) is 0 Å². The minimum absolute atomic E-state index is 0.0683. The molecule has 0 radical (unpaired) electrons. The average Bonchev–Trinajstić information content (AvgIpc) is 2.75. The molecule has 0 aliphatic rings. The van der Waals surface area contributed by atoms with Crippen molar-refractivity contribution in [2.24, 2.45) is 11.8 Å². The summed E-state index contributed by atoms with van der Waals surface area (Å²) in [7, 11) is -1.89. The Morgan fingerprint density at radius 1 is 0.971 bits per heavy atom. The highest BCUT2D eigenvalue weighted by Crippen LogP contribution is 2.13. The molecule has 4 N–H and O–H groups in total. The maximum absolute atomic E-state index is 13.2. The Morgan fingerprint density at radius 2 is 1.56 bits per heavy atom. The van der Waals surface area contributed by atoms with E-state index in [-0.39, 0.29) is 30.8 Å². The topological polar surface area (TPSA) is 128 Å². The van der Waals surface area contributed by atoms with Gasteiger partial charge in [0.1, 0.15) is 6.04 Å². The van der Waals surface area contributed by atoms with Crippen LogP contribution in [-0.2, 0) is 26.0 Å². The Balaban J connectivity index is 3.14. The van der Waals surface area contributed by atoms with Crippen molar-refractivity contribution in [2.45, 2.75) is 65.3 Å². The summed E-state index contributed by atoms with van der Waals surface area (Å²) in [5.74, 6) is -0.868. The second-order valence-corrected chi connectivity index (χ2v) is 11.6. The number of hydrogen-bond acceptors (Lipinski definition) is 6. The summed E-state index contributed by atoms with van der Waals surface area (Å²) in [6.07, 6.45) is 0.260.